The lowest BCUT2D eigenvalue weighted by Crippen LogP contribution is -2.49. The summed E-state index contributed by atoms with van der Waals surface area (Å²) in [5.41, 5.74) is 1.16. The molecule has 0 fully saturated rings. The summed E-state index contributed by atoms with van der Waals surface area (Å²) in [4.78, 5) is 2.22. The van der Waals surface area contributed by atoms with Crippen LogP contribution in [0.1, 0.15) is 32.4 Å². The van der Waals surface area contributed by atoms with E-state index < -0.39 is 0 Å². The Morgan fingerprint density at radius 2 is 2.00 bits per heavy atom. The van der Waals surface area contributed by atoms with Crippen molar-refractivity contribution in [2.75, 3.05) is 27.7 Å². The van der Waals surface area contributed by atoms with Crippen LogP contribution in [-0.2, 0) is 0 Å². The van der Waals surface area contributed by atoms with Crippen LogP contribution in [0.2, 0.25) is 5.02 Å². The first-order valence-electron chi connectivity index (χ1n) is 6.58. The van der Waals surface area contributed by atoms with Gasteiger partial charge in [0.15, 0.2) is 0 Å². The minimum absolute atomic E-state index is 0.0190. The fourth-order valence-corrected chi connectivity index (χ4v) is 2.29. The van der Waals surface area contributed by atoms with E-state index in [4.69, 9.17) is 16.3 Å². The molecule has 1 aromatic rings. The van der Waals surface area contributed by atoms with E-state index in [1.165, 1.54) is 5.56 Å². The van der Waals surface area contributed by atoms with Gasteiger partial charge in [-0.15, -0.1) is 0 Å². The van der Waals surface area contributed by atoms with Crippen molar-refractivity contribution in [3.63, 3.8) is 0 Å². The highest BCUT2D eigenvalue weighted by Crippen LogP contribution is 2.34. The van der Waals surface area contributed by atoms with Crippen LogP contribution in [-0.4, -0.2) is 38.2 Å². The van der Waals surface area contributed by atoms with Gasteiger partial charge in [0, 0.05) is 5.54 Å². The standard InChI is InChI=1S/C15H25ClN2O/c1-7-17-14(15(2,3)18(4)5)11-8-9-12(16)13(10-11)19-6/h8-10,14,17H,7H2,1-6H3. The number of nitrogens with zero attached hydrogens (tertiary/aromatic N) is 1. The first-order valence-corrected chi connectivity index (χ1v) is 6.96. The maximum atomic E-state index is 6.10. The van der Waals surface area contributed by atoms with Gasteiger partial charge in [-0.1, -0.05) is 24.6 Å². The van der Waals surface area contributed by atoms with Crippen molar-refractivity contribution >= 4 is 11.6 Å². The number of nitrogens with one attached hydrogen (secondary N) is 1. The molecule has 0 bridgehead atoms. The molecule has 0 saturated carbocycles. The fourth-order valence-electron chi connectivity index (χ4n) is 2.09. The lowest BCUT2D eigenvalue weighted by molar-refractivity contribution is 0.139. The Morgan fingerprint density at radius 1 is 1.37 bits per heavy atom. The lowest BCUT2D eigenvalue weighted by atomic mass is 9.87. The highest BCUT2D eigenvalue weighted by molar-refractivity contribution is 6.32. The quantitative estimate of drug-likeness (QED) is 0.867. The van der Waals surface area contributed by atoms with Gasteiger partial charge >= 0.3 is 0 Å². The highest BCUT2D eigenvalue weighted by Gasteiger charge is 2.32. The molecular formula is C15H25ClN2O. The summed E-state index contributed by atoms with van der Waals surface area (Å²) in [5, 5.41) is 4.19. The molecule has 0 amide bonds. The van der Waals surface area contributed by atoms with Crippen LogP contribution in [0.4, 0.5) is 0 Å². The molecule has 1 unspecified atom stereocenters. The van der Waals surface area contributed by atoms with E-state index in [-0.39, 0.29) is 11.6 Å². The van der Waals surface area contributed by atoms with E-state index in [1.54, 1.807) is 7.11 Å². The zero-order valence-corrected chi connectivity index (χ0v) is 13.5. The minimum atomic E-state index is -0.0190. The van der Waals surface area contributed by atoms with Crippen molar-refractivity contribution in [3.05, 3.63) is 28.8 Å². The molecule has 19 heavy (non-hydrogen) atoms. The molecule has 0 aliphatic rings. The Bertz CT molecular complexity index is 419. The molecule has 1 atom stereocenters. The van der Waals surface area contributed by atoms with Crippen LogP contribution in [0.25, 0.3) is 0 Å². The Hall–Kier alpha value is -0.770. The molecule has 0 radical (unpaired) electrons. The van der Waals surface area contributed by atoms with Gasteiger partial charge in [-0.3, -0.25) is 0 Å². The zero-order chi connectivity index (χ0) is 14.6. The van der Waals surface area contributed by atoms with Crippen LogP contribution >= 0.6 is 11.6 Å². The molecular weight excluding hydrogens is 260 g/mol. The van der Waals surface area contributed by atoms with Gasteiger partial charge in [0.1, 0.15) is 5.75 Å². The second-order valence-corrected chi connectivity index (χ2v) is 5.84. The topological polar surface area (TPSA) is 24.5 Å². The zero-order valence-electron chi connectivity index (χ0n) is 12.7. The second-order valence-electron chi connectivity index (χ2n) is 5.43. The Morgan fingerprint density at radius 3 is 2.47 bits per heavy atom. The third-order valence-corrected chi connectivity index (χ3v) is 4.09. The van der Waals surface area contributed by atoms with Gasteiger partial charge in [-0.05, 0) is 52.2 Å². The summed E-state index contributed by atoms with van der Waals surface area (Å²) in [6.07, 6.45) is 0. The van der Waals surface area contributed by atoms with Crippen molar-refractivity contribution in [2.45, 2.75) is 32.4 Å². The number of methoxy groups -OCH3 is 1. The van der Waals surface area contributed by atoms with Crippen LogP contribution in [0, 0.1) is 0 Å². The molecule has 3 nitrogen and oxygen atoms in total. The summed E-state index contributed by atoms with van der Waals surface area (Å²) >= 11 is 6.10. The first-order chi connectivity index (χ1) is 8.84. The van der Waals surface area contributed by atoms with E-state index in [9.17, 15) is 0 Å². The minimum Gasteiger partial charge on any atom is -0.495 e. The predicted octanol–water partition coefficient (Wildman–Crippen LogP) is 3.34. The van der Waals surface area contributed by atoms with Crippen molar-refractivity contribution in [1.29, 1.82) is 0 Å². The highest BCUT2D eigenvalue weighted by atomic mass is 35.5. The van der Waals surface area contributed by atoms with Crippen molar-refractivity contribution < 1.29 is 4.74 Å². The van der Waals surface area contributed by atoms with Crippen molar-refractivity contribution in [3.8, 4) is 5.75 Å². The maximum absolute atomic E-state index is 6.10. The SMILES string of the molecule is CCNC(c1ccc(Cl)c(OC)c1)C(C)(C)N(C)C. The van der Waals surface area contributed by atoms with Gasteiger partial charge < -0.3 is 15.0 Å². The third-order valence-electron chi connectivity index (χ3n) is 3.78. The van der Waals surface area contributed by atoms with Gasteiger partial charge in [0.25, 0.3) is 0 Å². The summed E-state index contributed by atoms with van der Waals surface area (Å²) in [6, 6.07) is 6.18. The summed E-state index contributed by atoms with van der Waals surface area (Å²) in [5.74, 6) is 0.719. The number of hydrogen-bond donors (Lipinski definition) is 1. The number of hydrogen-bond acceptors (Lipinski definition) is 3. The molecule has 4 heteroatoms. The lowest BCUT2D eigenvalue weighted by Gasteiger charge is -2.41. The van der Waals surface area contributed by atoms with Crippen LogP contribution in [0.5, 0.6) is 5.75 Å². The summed E-state index contributed by atoms with van der Waals surface area (Å²) < 4.78 is 5.31. The van der Waals surface area contributed by atoms with Gasteiger partial charge in [-0.2, -0.15) is 0 Å². The monoisotopic (exact) mass is 284 g/mol. The Kier molecular flexibility index (Phi) is 5.65. The smallest absolute Gasteiger partial charge is 0.137 e. The third kappa shape index (κ3) is 3.62. The first kappa shape index (κ1) is 16.3. The number of rotatable bonds is 6. The molecule has 0 heterocycles. The molecule has 1 rings (SSSR count). The molecule has 0 aliphatic heterocycles. The van der Waals surface area contributed by atoms with Gasteiger partial charge in [-0.25, -0.2) is 0 Å². The summed E-state index contributed by atoms with van der Waals surface area (Å²) in [7, 11) is 5.83. The van der Waals surface area contributed by atoms with Crippen LogP contribution in [0.15, 0.2) is 18.2 Å². The van der Waals surface area contributed by atoms with E-state index in [0.29, 0.717) is 5.02 Å². The van der Waals surface area contributed by atoms with Crippen molar-refractivity contribution in [1.82, 2.24) is 10.2 Å². The summed E-state index contributed by atoms with van der Waals surface area (Å²) in [6.45, 7) is 7.47. The predicted molar refractivity (Wildman–Crippen MR) is 82.2 cm³/mol. The Balaban J connectivity index is 3.19. The van der Waals surface area contributed by atoms with E-state index in [0.717, 1.165) is 12.3 Å². The number of likely N-dealkylation sites (N-methyl/N-ethyl adjacent to an activating group) is 2. The van der Waals surface area contributed by atoms with Crippen LogP contribution < -0.4 is 10.1 Å². The van der Waals surface area contributed by atoms with E-state index >= 15 is 0 Å². The molecule has 0 aromatic heterocycles. The molecule has 0 saturated heterocycles. The normalized spacial score (nSPS) is 13.7. The number of halogens is 1. The average molecular weight is 285 g/mol. The number of ether oxygens (including phenoxy) is 1. The van der Waals surface area contributed by atoms with E-state index in [1.807, 2.05) is 12.1 Å². The van der Waals surface area contributed by atoms with Gasteiger partial charge in [0.05, 0.1) is 18.2 Å². The number of benzene rings is 1. The second kappa shape index (κ2) is 6.60. The molecule has 0 aliphatic carbocycles. The fraction of sp³-hybridized carbons (Fsp3) is 0.600. The Labute approximate surface area is 121 Å². The largest absolute Gasteiger partial charge is 0.495 e. The van der Waals surface area contributed by atoms with Crippen molar-refractivity contribution in [2.24, 2.45) is 0 Å². The van der Waals surface area contributed by atoms with E-state index in [2.05, 4.69) is 51.1 Å². The molecule has 1 aromatic carbocycles. The molecule has 1 N–H and O–H groups in total. The molecule has 108 valence electrons. The maximum Gasteiger partial charge on any atom is 0.137 e. The average Bonchev–Trinajstić information content (AvgIpc) is 2.36. The molecule has 0 spiro atoms. The van der Waals surface area contributed by atoms with Crippen LogP contribution in [0.3, 0.4) is 0 Å². The van der Waals surface area contributed by atoms with Gasteiger partial charge in [0.2, 0.25) is 0 Å².